The lowest BCUT2D eigenvalue weighted by Gasteiger charge is -2.26. The van der Waals surface area contributed by atoms with Crippen LogP contribution in [0.5, 0.6) is 23.0 Å². The first-order valence-corrected chi connectivity index (χ1v) is 11.4. The van der Waals surface area contributed by atoms with Crippen molar-refractivity contribution in [2.45, 2.75) is 12.6 Å². The summed E-state index contributed by atoms with van der Waals surface area (Å²) in [6.45, 7) is 0.223. The summed E-state index contributed by atoms with van der Waals surface area (Å²) in [5.74, 6) is 0.277. The van der Waals surface area contributed by atoms with Gasteiger partial charge in [-0.3, -0.25) is 9.59 Å². The summed E-state index contributed by atoms with van der Waals surface area (Å²) >= 11 is 6.26. The van der Waals surface area contributed by atoms with Crippen LogP contribution in [-0.2, 0) is 16.1 Å². The van der Waals surface area contributed by atoms with Gasteiger partial charge in [0.05, 0.1) is 30.9 Å². The molecule has 1 unspecified atom stereocenters. The predicted molar refractivity (Wildman–Crippen MR) is 131 cm³/mol. The van der Waals surface area contributed by atoms with E-state index < -0.39 is 17.7 Å². The van der Waals surface area contributed by atoms with Gasteiger partial charge in [-0.2, -0.15) is 0 Å². The second-order valence-electron chi connectivity index (χ2n) is 8.24. The van der Waals surface area contributed by atoms with E-state index in [0.717, 1.165) is 5.56 Å². The number of aliphatic hydroxyl groups is 1. The second-order valence-corrected chi connectivity index (χ2v) is 8.65. The number of likely N-dealkylation sites (tertiary alicyclic amines) is 1. The van der Waals surface area contributed by atoms with E-state index in [1.165, 1.54) is 25.2 Å². The summed E-state index contributed by atoms with van der Waals surface area (Å²) in [5, 5.41) is 11.5. The Kier molecular flexibility index (Phi) is 6.20. The van der Waals surface area contributed by atoms with Gasteiger partial charge < -0.3 is 29.0 Å². The summed E-state index contributed by atoms with van der Waals surface area (Å²) in [6, 6.07) is 16.2. The van der Waals surface area contributed by atoms with Crippen LogP contribution < -0.4 is 18.9 Å². The minimum absolute atomic E-state index is 0.0461. The number of ketones is 1. The van der Waals surface area contributed by atoms with Crippen LogP contribution in [-0.4, -0.2) is 42.7 Å². The molecule has 2 aliphatic rings. The zero-order valence-electron chi connectivity index (χ0n) is 19.5. The Balaban J connectivity index is 1.62. The number of hydrogen-bond donors (Lipinski definition) is 1. The molecule has 1 N–H and O–H groups in total. The molecule has 0 spiro atoms. The maximum Gasteiger partial charge on any atom is 0.295 e. The van der Waals surface area contributed by atoms with Crippen molar-refractivity contribution >= 4 is 29.1 Å². The first-order chi connectivity index (χ1) is 17.4. The lowest BCUT2D eigenvalue weighted by molar-refractivity contribution is -0.140. The summed E-state index contributed by atoms with van der Waals surface area (Å²) in [6.07, 6.45) is 0. The molecule has 0 aliphatic carbocycles. The molecule has 2 heterocycles. The average molecular weight is 508 g/mol. The van der Waals surface area contributed by atoms with E-state index >= 15 is 0 Å². The number of benzene rings is 3. The number of hydrogen-bond acceptors (Lipinski definition) is 7. The maximum absolute atomic E-state index is 13.3. The average Bonchev–Trinajstić information content (AvgIpc) is 3.46. The molecule has 9 heteroatoms. The molecule has 3 aromatic rings. The SMILES string of the molecule is COc1cccc(C2/C(=C(\O)c3ccc(OC)c(Cl)c3)C(=O)C(=O)N2Cc2ccc3c(c2)OCO3)c1. The van der Waals surface area contributed by atoms with E-state index in [4.69, 9.17) is 30.5 Å². The fourth-order valence-corrected chi connectivity index (χ4v) is 4.66. The molecule has 1 saturated heterocycles. The van der Waals surface area contributed by atoms with Crippen LogP contribution in [0.25, 0.3) is 5.76 Å². The smallest absolute Gasteiger partial charge is 0.295 e. The highest BCUT2D eigenvalue weighted by atomic mass is 35.5. The Morgan fingerprint density at radius 1 is 1.03 bits per heavy atom. The van der Waals surface area contributed by atoms with Crippen molar-refractivity contribution in [3.8, 4) is 23.0 Å². The number of ether oxygens (including phenoxy) is 4. The molecule has 0 bridgehead atoms. The Morgan fingerprint density at radius 3 is 2.58 bits per heavy atom. The molecule has 1 fully saturated rings. The zero-order valence-corrected chi connectivity index (χ0v) is 20.2. The minimum Gasteiger partial charge on any atom is -0.507 e. The third-order valence-corrected chi connectivity index (χ3v) is 6.46. The molecule has 36 heavy (non-hydrogen) atoms. The van der Waals surface area contributed by atoms with Gasteiger partial charge >= 0.3 is 0 Å². The van der Waals surface area contributed by atoms with Gasteiger partial charge in [-0.15, -0.1) is 0 Å². The van der Waals surface area contributed by atoms with Gasteiger partial charge in [0.1, 0.15) is 17.3 Å². The van der Waals surface area contributed by atoms with Crippen LogP contribution in [0.3, 0.4) is 0 Å². The monoisotopic (exact) mass is 507 g/mol. The Bertz CT molecular complexity index is 1400. The van der Waals surface area contributed by atoms with E-state index in [9.17, 15) is 14.7 Å². The van der Waals surface area contributed by atoms with Crippen LogP contribution in [0.15, 0.2) is 66.2 Å². The van der Waals surface area contributed by atoms with Crippen LogP contribution in [0.2, 0.25) is 5.02 Å². The number of methoxy groups -OCH3 is 2. The molecule has 0 radical (unpaired) electrons. The number of carbonyl (C=O) groups excluding carboxylic acids is 2. The molecule has 0 aromatic heterocycles. The van der Waals surface area contributed by atoms with Crippen LogP contribution in [0.1, 0.15) is 22.7 Å². The molecule has 184 valence electrons. The summed E-state index contributed by atoms with van der Waals surface area (Å²) in [5.41, 5.74) is 1.59. The van der Waals surface area contributed by atoms with Gasteiger partial charge in [-0.1, -0.05) is 29.8 Å². The number of fused-ring (bicyclic) bond motifs is 1. The van der Waals surface area contributed by atoms with Gasteiger partial charge in [-0.25, -0.2) is 0 Å². The summed E-state index contributed by atoms with van der Waals surface area (Å²) in [4.78, 5) is 28.0. The lowest BCUT2D eigenvalue weighted by Crippen LogP contribution is -2.29. The largest absolute Gasteiger partial charge is 0.507 e. The van der Waals surface area contributed by atoms with Crippen molar-refractivity contribution in [3.05, 3.63) is 87.9 Å². The quantitative estimate of drug-likeness (QED) is 0.293. The van der Waals surface area contributed by atoms with Gasteiger partial charge in [0.2, 0.25) is 6.79 Å². The molecule has 3 aromatic carbocycles. The van der Waals surface area contributed by atoms with Crippen molar-refractivity contribution in [2.75, 3.05) is 21.0 Å². The van der Waals surface area contributed by atoms with Gasteiger partial charge in [0.25, 0.3) is 11.7 Å². The number of halogens is 1. The Labute approximate surface area is 212 Å². The topological polar surface area (TPSA) is 94.5 Å². The van der Waals surface area contributed by atoms with Crippen LogP contribution >= 0.6 is 11.6 Å². The van der Waals surface area contributed by atoms with Gasteiger partial charge in [-0.05, 0) is 53.6 Å². The normalized spacial score (nSPS) is 18.0. The maximum atomic E-state index is 13.3. The van der Waals surface area contributed by atoms with E-state index in [0.29, 0.717) is 28.6 Å². The highest BCUT2D eigenvalue weighted by Crippen LogP contribution is 2.42. The molecule has 0 saturated carbocycles. The molecular formula is C27H22ClNO7. The summed E-state index contributed by atoms with van der Waals surface area (Å²) in [7, 11) is 3.01. The standard InChI is InChI=1S/C27H22ClNO7/c1-33-18-5-3-4-16(11-18)24-23(25(30)17-7-9-20(34-2)19(28)12-17)26(31)27(32)29(24)13-15-6-8-21-22(10-15)36-14-35-21/h3-12,24,30H,13-14H2,1-2H3/b25-23+. The number of rotatable bonds is 6. The molecule has 2 aliphatic heterocycles. The fourth-order valence-electron chi connectivity index (χ4n) is 4.41. The summed E-state index contributed by atoms with van der Waals surface area (Å²) < 4.78 is 21.4. The van der Waals surface area contributed by atoms with Crippen LogP contribution in [0.4, 0.5) is 0 Å². The van der Waals surface area contributed by atoms with Crippen molar-refractivity contribution < 1.29 is 33.6 Å². The predicted octanol–water partition coefficient (Wildman–Crippen LogP) is 4.71. The third kappa shape index (κ3) is 4.09. The molecule has 5 rings (SSSR count). The zero-order chi connectivity index (χ0) is 25.4. The third-order valence-electron chi connectivity index (χ3n) is 6.16. The van der Waals surface area contributed by atoms with Gasteiger partial charge in [0.15, 0.2) is 11.5 Å². The molecular weight excluding hydrogens is 486 g/mol. The van der Waals surface area contributed by atoms with Crippen molar-refractivity contribution in [1.29, 1.82) is 0 Å². The highest BCUT2D eigenvalue weighted by molar-refractivity contribution is 6.46. The van der Waals surface area contributed by atoms with E-state index in [-0.39, 0.29) is 35.3 Å². The number of carbonyl (C=O) groups is 2. The van der Waals surface area contributed by atoms with Gasteiger partial charge in [0, 0.05) is 12.1 Å². The highest BCUT2D eigenvalue weighted by Gasteiger charge is 2.46. The van der Waals surface area contributed by atoms with E-state index in [2.05, 4.69) is 0 Å². The number of Topliss-reactive ketones (excluding diaryl/α,β-unsaturated/α-hetero) is 1. The van der Waals surface area contributed by atoms with E-state index in [1.54, 1.807) is 54.6 Å². The Hall–Kier alpha value is -4.17. The first kappa shape index (κ1) is 23.6. The van der Waals surface area contributed by atoms with Crippen molar-refractivity contribution in [3.63, 3.8) is 0 Å². The number of amides is 1. The number of nitrogens with zero attached hydrogens (tertiary/aromatic N) is 1. The number of aliphatic hydroxyl groups excluding tert-OH is 1. The molecule has 1 atom stereocenters. The van der Waals surface area contributed by atoms with Crippen molar-refractivity contribution in [1.82, 2.24) is 4.90 Å². The molecule has 8 nitrogen and oxygen atoms in total. The lowest BCUT2D eigenvalue weighted by atomic mass is 9.95. The minimum atomic E-state index is -0.869. The Morgan fingerprint density at radius 2 is 1.83 bits per heavy atom. The fraction of sp³-hybridized carbons (Fsp3) is 0.185. The second kappa shape index (κ2) is 9.47. The van der Waals surface area contributed by atoms with E-state index in [1.807, 2.05) is 0 Å². The van der Waals surface area contributed by atoms with Crippen molar-refractivity contribution in [2.24, 2.45) is 0 Å². The first-order valence-electron chi connectivity index (χ1n) is 11.1. The van der Waals surface area contributed by atoms with Crippen LogP contribution in [0, 0.1) is 0 Å². The molecule has 1 amide bonds.